The molecule has 3 aromatic carbocycles. The van der Waals surface area contributed by atoms with Gasteiger partial charge in [0.1, 0.15) is 6.54 Å². The van der Waals surface area contributed by atoms with E-state index in [1.165, 1.54) is 38.6 Å². The van der Waals surface area contributed by atoms with E-state index in [1.807, 2.05) is 44.2 Å². The van der Waals surface area contributed by atoms with Gasteiger partial charge in [-0.15, -0.1) is 0 Å². The molecule has 35 heavy (non-hydrogen) atoms. The summed E-state index contributed by atoms with van der Waals surface area (Å²) in [5.74, 6) is 0.0560. The summed E-state index contributed by atoms with van der Waals surface area (Å²) in [6.07, 6.45) is 1.48. The highest BCUT2D eigenvalue weighted by Gasteiger charge is 2.28. The van der Waals surface area contributed by atoms with Crippen LogP contribution >= 0.6 is 15.9 Å². The summed E-state index contributed by atoms with van der Waals surface area (Å²) in [4.78, 5) is 12.7. The van der Waals surface area contributed by atoms with E-state index in [0.717, 1.165) is 25.5 Å². The van der Waals surface area contributed by atoms with Crippen LogP contribution in [0.25, 0.3) is 0 Å². The minimum absolute atomic E-state index is 0.0419. The molecule has 0 bridgehead atoms. The molecule has 0 heterocycles. The predicted molar refractivity (Wildman–Crippen MR) is 140 cm³/mol. The fourth-order valence-corrected chi connectivity index (χ4v) is 5.28. The van der Waals surface area contributed by atoms with Gasteiger partial charge < -0.3 is 9.47 Å². The number of methoxy groups -OCH3 is 2. The van der Waals surface area contributed by atoms with Crippen molar-refractivity contribution in [2.75, 3.05) is 25.1 Å². The lowest BCUT2D eigenvalue weighted by Crippen LogP contribution is -2.39. The Hall–Kier alpha value is -3.37. The third kappa shape index (κ3) is 6.61. The van der Waals surface area contributed by atoms with Gasteiger partial charge in [0, 0.05) is 10.5 Å². The second-order valence-electron chi connectivity index (χ2n) is 7.72. The number of ether oxygens (including phenoxy) is 2. The highest BCUT2D eigenvalue weighted by molar-refractivity contribution is 9.10. The second-order valence-corrected chi connectivity index (χ2v) is 10.5. The zero-order valence-corrected chi connectivity index (χ0v) is 22.2. The first-order valence-corrected chi connectivity index (χ1v) is 12.8. The van der Waals surface area contributed by atoms with Crippen LogP contribution in [0.15, 0.2) is 75.1 Å². The summed E-state index contributed by atoms with van der Waals surface area (Å²) < 4.78 is 39.8. The number of hydrazone groups is 1. The Morgan fingerprint density at radius 2 is 1.69 bits per heavy atom. The average Bonchev–Trinajstić information content (AvgIpc) is 2.81. The normalized spacial score (nSPS) is 11.3. The minimum Gasteiger partial charge on any atom is -0.493 e. The second kappa shape index (κ2) is 11.4. The third-order valence-electron chi connectivity index (χ3n) is 4.98. The topological polar surface area (TPSA) is 97.3 Å². The zero-order chi connectivity index (χ0) is 25.6. The number of anilines is 1. The molecule has 0 unspecified atom stereocenters. The predicted octanol–water partition coefficient (Wildman–Crippen LogP) is 4.43. The van der Waals surface area contributed by atoms with Crippen LogP contribution in [-0.4, -0.2) is 41.3 Å². The Morgan fingerprint density at radius 1 is 1.00 bits per heavy atom. The molecule has 0 spiro atoms. The van der Waals surface area contributed by atoms with E-state index in [4.69, 9.17) is 9.47 Å². The van der Waals surface area contributed by atoms with Crippen molar-refractivity contribution < 1.29 is 22.7 Å². The molecule has 0 aliphatic heterocycles. The lowest BCUT2D eigenvalue weighted by Gasteiger charge is -2.25. The van der Waals surface area contributed by atoms with E-state index in [2.05, 4.69) is 26.5 Å². The van der Waals surface area contributed by atoms with E-state index in [9.17, 15) is 13.2 Å². The number of nitrogens with one attached hydrogen (secondary N) is 1. The Balaban J connectivity index is 1.94. The summed E-state index contributed by atoms with van der Waals surface area (Å²) in [6, 6.07) is 17.0. The number of amides is 1. The number of halogens is 1. The monoisotopic (exact) mass is 559 g/mol. The molecule has 8 nitrogen and oxygen atoms in total. The summed E-state index contributed by atoms with van der Waals surface area (Å²) in [7, 11) is -1.26. The fraction of sp³-hybridized carbons (Fsp3) is 0.200. The van der Waals surface area contributed by atoms with Gasteiger partial charge in [-0.05, 0) is 66.9 Å². The zero-order valence-electron chi connectivity index (χ0n) is 19.8. The molecule has 0 aliphatic rings. The average molecular weight is 560 g/mol. The number of sulfonamides is 1. The first kappa shape index (κ1) is 26.2. The largest absolute Gasteiger partial charge is 0.493 e. The molecule has 0 saturated carbocycles. The van der Waals surface area contributed by atoms with Gasteiger partial charge >= 0.3 is 0 Å². The Morgan fingerprint density at radius 3 is 2.31 bits per heavy atom. The van der Waals surface area contributed by atoms with E-state index >= 15 is 0 Å². The van der Waals surface area contributed by atoms with E-state index < -0.39 is 22.5 Å². The van der Waals surface area contributed by atoms with Crippen LogP contribution in [0.3, 0.4) is 0 Å². The van der Waals surface area contributed by atoms with Crippen molar-refractivity contribution in [1.29, 1.82) is 0 Å². The number of rotatable bonds is 9. The number of benzene rings is 3. The van der Waals surface area contributed by atoms with Crippen molar-refractivity contribution >= 4 is 43.8 Å². The number of aryl methyl sites for hydroxylation is 2. The van der Waals surface area contributed by atoms with Gasteiger partial charge in [0.2, 0.25) is 0 Å². The van der Waals surface area contributed by atoms with Crippen molar-refractivity contribution in [2.24, 2.45) is 5.10 Å². The van der Waals surface area contributed by atoms with E-state index in [1.54, 1.807) is 12.1 Å². The lowest BCUT2D eigenvalue weighted by atomic mass is 10.1. The van der Waals surface area contributed by atoms with Crippen molar-refractivity contribution in [2.45, 2.75) is 18.7 Å². The van der Waals surface area contributed by atoms with E-state index in [0.29, 0.717) is 11.4 Å². The van der Waals surface area contributed by atoms with Crippen molar-refractivity contribution in [3.63, 3.8) is 0 Å². The Bertz CT molecular complexity index is 1340. The van der Waals surface area contributed by atoms with Crippen LogP contribution in [0.1, 0.15) is 16.7 Å². The molecule has 1 amide bonds. The molecule has 10 heteroatoms. The van der Waals surface area contributed by atoms with Gasteiger partial charge in [0.25, 0.3) is 15.9 Å². The maximum Gasteiger partial charge on any atom is 0.264 e. The van der Waals surface area contributed by atoms with Crippen LogP contribution in [0, 0.1) is 13.8 Å². The molecule has 3 aromatic rings. The smallest absolute Gasteiger partial charge is 0.264 e. The SMILES string of the molecule is COc1ccc(S(=O)(=O)N(CC(=O)N/N=C\c2cccc(Br)c2)c2cc(C)cc(C)c2)cc1OC. The maximum atomic E-state index is 13.7. The van der Waals surface area contributed by atoms with Crippen LogP contribution < -0.4 is 19.2 Å². The van der Waals surface area contributed by atoms with Gasteiger partial charge in [-0.3, -0.25) is 9.10 Å². The van der Waals surface area contributed by atoms with E-state index in [-0.39, 0.29) is 10.6 Å². The van der Waals surface area contributed by atoms with Crippen LogP contribution in [0.5, 0.6) is 11.5 Å². The van der Waals surface area contributed by atoms with Crippen molar-refractivity contribution in [3.05, 3.63) is 81.8 Å². The summed E-state index contributed by atoms with van der Waals surface area (Å²) >= 11 is 3.38. The first-order chi connectivity index (χ1) is 16.6. The van der Waals surface area contributed by atoms with Gasteiger partial charge in [0.15, 0.2) is 11.5 Å². The molecule has 0 fully saturated rings. The molecule has 1 N–H and O–H groups in total. The van der Waals surface area contributed by atoms with Gasteiger partial charge in [0.05, 0.1) is 31.0 Å². The fourth-order valence-electron chi connectivity index (χ4n) is 3.45. The molecular formula is C25H26BrN3O5S. The Kier molecular flexibility index (Phi) is 8.52. The molecular weight excluding hydrogens is 534 g/mol. The summed E-state index contributed by atoms with van der Waals surface area (Å²) in [5.41, 5.74) is 5.26. The highest BCUT2D eigenvalue weighted by atomic mass is 79.9. The molecule has 0 aliphatic carbocycles. The standard InChI is InChI=1S/C25H26BrN3O5S/c1-17-10-18(2)12-21(11-17)29(16-25(30)28-27-15-19-6-5-7-20(26)13-19)35(31,32)22-8-9-23(33-3)24(14-22)34-4/h5-15H,16H2,1-4H3,(H,28,30)/b27-15-. The van der Waals surface area contributed by atoms with Crippen LogP contribution in [0.4, 0.5) is 5.69 Å². The van der Waals surface area contributed by atoms with Crippen molar-refractivity contribution in [3.8, 4) is 11.5 Å². The molecule has 184 valence electrons. The number of carbonyl (C=O) groups is 1. The van der Waals surface area contributed by atoms with Crippen molar-refractivity contribution in [1.82, 2.24) is 5.43 Å². The number of hydrogen-bond donors (Lipinski definition) is 1. The first-order valence-electron chi connectivity index (χ1n) is 10.5. The highest BCUT2D eigenvalue weighted by Crippen LogP contribution is 2.32. The summed E-state index contributed by atoms with van der Waals surface area (Å²) in [6.45, 7) is 3.25. The lowest BCUT2D eigenvalue weighted by molar-refractivity contribution is -0.119. The molecule has 3 rings (SSSR count). The van der Waals surface area contributed by atoms with Gasteiger partial charge in [-0.2, -0.15) is 5.10 Å². The summed E-state index contributed by atoms with van der Waals surface area (Å²) in [5, 5.41) is 3.97. The molecule has 0 aromatic heterocycles. The van der Waals surface area contributed by atoms with Gasteiger partial charge in [-0.25, -0.2) is 13.8 Å². The maximum absolute atomic E-state index is 13.7. The van der Waals surface area contributed by atoms with Gasteiger partial charge in [-0.1, -0.05) is 34.1 Å². The third-order valence-corrected chi connectivity index (χ3v) is 7.24. The molecule has 0 saturated heterocycles. The minimum atomic E-state index is -4.14. The quantitative estimate of drug-likeness (QED) is 0.309. The van der Waals surface area contributed by atoms with Crippen LogP contribution in [0.2, 0.25) is 0 Å². The number of nitrogens with zero attached hydrogens (tertiary/aromatic N) is 2. The molecule has 0 radical (unpaired) electrons. The number of hydrogen-bond acceptors (Lipinski definition) is 6. The number of carbonyl (C=O) groups excluding carboxylic acids is 1. The van der Waals surface area contributed by atoms with Crippen LogP contribution in [-0.2, 0) is 14.8 Å². The molecule has 0 atom stereocenters. The Labute approximate surface area is 213 Å².